The minimum Gasteiger partial charge on any atom is -0.475 e. The number of para-hydroxylation sites is 1. The minimum atomic E-state index is -5.08. The van der Waals surface area contributed by atoms with Crippen LogP contribution in [-0.4, -0.2) is 69.4 Å². The summed E-state index contributed by atoms with van der Waals surface area (Å²) in [5.74, 6) is -3.02. The molecule has 0 radical (unpaired) electrons. The summed E-state index contributed by atoms with van der Waals surface area (Å²) in [5.41, 5.74) is 0.805. The molecule has 12 heteroatoms. The Bertz CT molecular complexity index is 964. The lowest BCUT2D eigenvalue weighted by atomic mass is 9.98. The SMILES string of the molecule is CN1C2CCC1CC(NC(=O)c1nn(CC(F)F)c3ccccc13)C2.O=C(O)C(F)(F)F. The van der Waals surface area contributed by atoms with E-state index in [0.29, 0.717) is 23.0 Å². The number of nitrogens with one attached hydrogen (secondary N) is 1. The van der Waals surface area contributed by atoms with E-state index >= 15 is 0 Å². The average molecular weight is 462 g/mol. The van der Waals surface area contributed by atoms with Crippen LogP contribution in [0.15, 0.2) is 24.3 Å². The van der Waals surface area contributed by atoms with Gasteiger partial charge in [0.2, 0.25) is 0 Å². The smallest absolute Gasteiger partial charge is 0.475 e. The van der Waals surface area contributed by atoms with Crippen molar-refractivity contribution < 1.29 is 36.6 Å². The van der Waals surface area contributed by atoms with E-state index in [2.05, 4.69) is 22.4 Å². The number of hydrogen-bond acceptors (Lipinski definition) is 4. The Morgan fingerprint density at radius 2 is 1.75 bits per heavy atom. The molecule has 2 bridgehead atoms. The highest BCUT2D eigenvalue weighted by Gasteiger charge is 2.39. The summed E-state index contributed by atoms with van der Waals surface area (Å²) in [6.45, 7) is -0.508. The molecule has 0 aliphatic carbocycles. The first-order valence-electron chi connectivity index (χ1n) is 10.0. The number of alkyl halides is 5. The quantitative estimate of drug-likeness (QED) is 0.681. The monoisotopic (exact) mass is 462 g/mol. The third kappa shape index (κ3) is 5.34. The highest BCUT2D eigenvalue weighted by atomic mass is 19.4. The molecule has 176 valence electrons. The number of carbonyl (C=O) groups is 2. The fourth-order valence-electron chi connectivity index (χ4n) is 4.35. The molecular weight excluding hydrogens is 439 g/mol. The molecule has 1 amide bonds. The van der Waals surface area contributed by atoms with Crippen molar-refractivity contribution in [3.63, 3.8) is 0 Å². The molecule has 3 heterocycles. The number of amides is 1. The predicted octanol–water partition coefficient (Wildman–Crippen LogP) is 3.29. The number of carbonyl (C=O) groups excluding carboxylic acids is 1. The van der Waals surface area contributed by atoms with Gasteiger partial charge in [-0.25, -0.2) is 13.6 Å². The van der Waals surface area contributed by atoms with Crippen LogP contribution in [0.5, 0.6) is 0 Å². The molecule has 2 aliphatic heterocycles. The lowest BCUT2D eigenvalue weighted by molar-refractivity contribution is -0.192. The van der Waals surface area contributed by atoms with Crippen molar-refractivity contribution in [2.45, 2.75) is 63.0 Å². The number of nitrogens with zero attached hydrogens (tertiary/aromatic N) is 3. The van der Waals surface area contributed by atoms with Gasteiger partial charge >= 0.3 is 12.1 Å². The van der Waals surface area contributed by atoms with Crippen molar-refractivity contribution in [1.29, 1.82) is 0 Å². The van der Waals surface area contributed by atoms with Crippen molar-refractivity contribution in [3.8, 4) is 0 Å². The maximum absolute atomic E-state index is 12.8. The fraction of sp³-hybridized carbons (Fsp3) is 0.550. The maximum Gasteiger partial charge on any atom is 0.490 e. The molecule has 2 unspecified atom stereocenters. The number of halogens is 5. The van der Waals surface area contributed by atoms with Crippen LogP contribution in [0.2, 0.25) is 0 Å². The zero-order chi connectivity index (χ0) is 23.6. The Hall–Kier alpha value is -2.76. The van der Waals surface area contributed by atoms with Gasteiger partial charge in [-0.2, -0.15) is 18.3 Å². The summed E-state index contributed by atoms with van der Waals surface area (Å²) < 4.78 is 58.6. The van der Waals surface area contributed by atoms with E-state index in [-0.39, 0.29) is 17.6 Å². The zero-order valence-corrected chi connectivity index (χ0v) is 17.1. The summed E-state index contributed by atoms with van der Waals surface area (Å²) in [7, 11) is 2.15. The predicted molar refractivity (Wildman–Crippen MR) is 104 cm³/mol. The zero-order valence-electron chi connectivity index (χ0n) is 17.1. The van der Waals surface area contributed by atoms with Crippen molar-refractivity contribution >= 4 is 22.8 Å². The highest BCUT2D eigenvalue weighted by Crippen LogP contribution is 2.34. The summed E-state index contributed by atoms with van der Waals surface area (Å²) in [4.78, 5) is 24.1. The maximum atomic E-state index is 12.8. The van der Waals surface area contributed by atoms with Gasteiger partial charge < -0.3 is 15.3 Å². The van der Waals surface area contributed by atoms with Gasteiger partial charge in [-0.05, 0) is 38.8 Å². The number of fused-ring (bicyclic) bond motifs is 3. The minimum absolute atomic E-state index is 0.125. The summed E-state index contributed by atoms with van der Waals surface area (Å²) in [6, 6.07) is 8.22. The third-order valence-electron chi connectivity index (χ3n) is 5.86. The first-order valence-corrected chi connectivity index (χ1v) is 10.0. The summed E-state index contributed by atoms with van der Waals surface area (Å²) >= 11 is 0. The molecule has 0 spiro atoms. The largest absolute Gasteiger partial charge is 0.490 e. The lowest BCUT2D eigenvalue weighted by Gasteiger charge is -2.36. The van der Waals surface area contributed by atoms with Crippen molar-refractivity contribution in [2.24, 2.45) is 0 Å². The number of hydrogen-bond donors (Lipinski definition) is 2. The number of aliphatic carboxylic acids is 1. The van der Waals surface area contributed by atoms with Gasteiger partial charge in [0.25, 0.3) is 12.3 Å². The molecule has 2 N–H and O–H groups in total. The Morgan fingerprint density at radius 1 is 1.19 bits per heavy atom. The first kappa shape index (κ1) is 23.9. The molecule has 2 atom stereocenters. The third-order valence-corrected chi connectivity index (χ3v) is 5.86. The molecule has 2 saturated heterocycles. The second kappa shape index (κ2) is 9.39. The topological polar surface area (TPSA) is 87.5 Å². The van der Waals surface area contributed by atoms with Crippen LogP contribution < -0.4 is 5.32 Å². The van der Waals surface area contributed by atoms with Crippen LogP contribution in [0.1, 0.15) is 36.2 Å². The van der Waals surface area contributed by atoms with E-state index in [0.717, 1.165) is 12.8 Å². The van der Waals surface area contributed by atoms with E-state index in [9.17, 15) is 26.7 Å². The first-order chi connectivity index (χ1) is 15.0. The van der Waals surface area contributed by atoms with Crippen molar-refractivity contribution in [1.82, 2.24) is 20.0 Å². The molecule has 32 heavy (non-hydrogen) atoms. The number of carboxylic acid groups (broad SMARTS) is 1. The lowest BCUT2D eigenvalue weighted by Crippen LogP contribution is -2.48. The number of carboxylic acids is 1. The molecule has 2 aliphatic rings. The number of rotatable bonds is 4. The molecule has 4 rings (SSSR count). The van der Waals surface area contributed by atoms with Crippen molar-refractivity contribution in [3.05, 3.63) is 30.0 Å². The molecule has 0 saturated carbocycles. The molecular formula is C20H23F5N4O3. The molecule has 1 aromatic heterocycles. The van der Waals surface area contributed by atoms with Crippen LogP contribution in [0, 0.1) is 0 Å². The molecule has 2 fully saturated rings. The van der Waals surface area contributed by atoms with Crippen LogP contribution in [0.3, 0.4) is 0 Å². The average Bonchev–Trinajstić information content (AvgIpc) is 3.14. The van der Waals surface area contributed by atoms with E-state index in [1.54, 1.807) is 24.3 Å². The van der Waals surface area contributed by atoms with Crippen LogP contribution in [0.4, 0.5) is 22.0 Å². The highest BCUT2D eigenvalue weighted by molar-refractivity contribution is 6.05. The number of piperidine rings is 1. The van der Waals surface area contributed by atoms with E-state index in [1.165, 1.54) is 17.5 Å². The Labute approximate surface area is 180 Å². The molecule has 2 aromatic rings. The van der Waals surface area contributed by atoms with Crippen LogP contribution >= 0.6 is 0 Å². The Balaban J connectivity index is 0.000000360. The van der Waals surface area contributed by atoms with Gasteiger partial charge in [0.05, 0.1) is 5.52 Å². The second-order valence-electron chi connectivity index (χ2n) is 7.93. The fourth-order valence-corrected chi connectivity index (χ4v) is 4.35. The van der Waals surface area contributed by atoms with E-state index in [1.807, 2.05) is 0 Å². The molecule has 7 nitrogen and oxygen atoms in total. The Kier molecular flexibility index (Phi) is 7.01. The summed E-state index contributed by atoms with van der Waals surface area (Å²) in [5, 5.41) is 15.0. The van der Waals surface area contributed by atoms with Gasteiger partial charge in [0, 0.05) is 23.5 Å². The Morgan fingerprint density at radius 3 is 2.28 bits per heavy atom. The standard InChI is InChI=1S/C18H22F2N4O.C2HF3O2/c1-23-12-6-7-13(23)9-11(8-12)21-18(25)17-14-4-2-3-5-15(14)24(22-17)10-16(19)20;3-2(4,5)1(6)7/h2-5,11-13,16H,6-10H2,1H3,(H,21,25);(H,6,7). The van der Waals surface area contributed by atoms with Gasteiger partial charge in [-0.1, -0.05) is 18.2 Å². The summed E-state index contributed by atoms with van der Waals surface area (Å²) in [6.07, 6.45) is -3.36. The van der Waals surface area contributed by atoms with Gasteiger partial charge in [0.15, 0.2) is 5.69 Å². The number of benzene rings is 1. The second-order valence-corrected chi connectivity index (χ2v) is 7.93. The van der Waals surface area contributed by atoms with E-state index < -0.39 is 25.1 Å². The van der Waals surface area contributed by atoms with Crippen molar-refractivity contribution in [2.75, 3.05) is 7.05 Å². The normalized spacial score (nSPS) is 23.2. The van der Waals surface area contributed by atoms with Crippen LogP contribution in [-0.2, 0) is 11.3 Å². The number of aromatic nitrogens is 2. The van der Waals surface area contributed by atoms with Gasteiger partial charge in [0.1, 0.15) is 6.54 Å². The van der Waals surface area contributed by atoms with Gasteiger partial charge in [-0.15, -0.1) is 0 Å². The molecule has 1 aromatic carbocycles. The van der Waals surface area contributed by atoms with E-state index in [4.69, 9.17) is 9.90 Å². The van der Waals surface area contributed by atoms with Crippen LogP contribution in [0.25, 0.3) is 10.9 Å². The van der Waals surface area contributed by atoms with Gasteiger partial charge in [-0.3, -0.25) is 9.48 Å².